The Morgan fingerprint density at radius 3 is 2.56 bits per heavy atom. The molecule has 2 rings (SSSR count). The molecule has 1 aliphatic heterocycles. The summed E-state index contributed by atoms with van der Waals surface area (Å²) in [6.07, 6.45) is 3.68. The van der Waals surface area contributed by atoms with Crippen LogP contribution in [0.25, 0.3) is 0 Å². The molecule has 0 spiro atoms. The summed E-state index contributed by atoms with van der Waals surface area (Å²) in [6, 6.07) is 6.64. The third-order valence-corrected chi connectivity index (χ3v) is 4.47. The van der Waals surface area contributed by atoms with Gasteiger partial charge in [0.2, 0.25) is 0 Å². The third kappa shape index (κ3) is 4.02. The highest BCUT2D eigenvalue weighted by atomic mass is 16.5. The lowest BCUT2D eigenvalue weighted by Gasteiger charge is -2.27. The van der Waals surface area contributed by atoms with Crippen molar-refractivity contribution in [2.24, 2.45) is 5.73 Å². The molecule has 0 fully saturated rings. The van der Waals surface area contributed by atoms with E-state index in [9.17, 15) is 14.7 Å². The molecule has 0 saturated heterocycles. The quantitative estimate of drug-likeness (QED) is 0.670. The molecule has 0 aromatic heterocycles. The van der Waals surface area contributed by atoms with E-state index in [1.54, 1.807) is 18.1 Å². The number of ketones is 1. The van der Waals surface area contributed by atoms with E-state index in [1.165, 1.54) is 6.92 Å². The van der Waals surface area contributed by atoms with Crippen LogP contribution in [-0.4, -0.2) is 41.9 Å². The summed E-state index contributed by atoms with van der Waals surface area (Å²) < 4.78 is 5.39. The molecule has 0 aliphatic carbocycles. The Kier molecular flexibility index (Phi) is 6.58. The molecule has 1 aliphatic rings. The second kappa shape index (κ2) is 8.67. The maximum absolute atomic E-state index is 12.5. The first-order chi connectivity index (χ1) is 12.0. The topological polar surface area (TPSA) is 92.9 Å². The molecule has 1 aromatic carbocycles. The predicted molar refractivity (Wildman–Crippen MR) is 95.3 cm³/mol. The fourth-order valence-electron chi connectivity index (χ4n) is 3.24. The zero-order chi connectivity index (χ0) is 18.4. The molecule has 6 nitrogen and oxygen atoms in total. The summed E-state index contributed by atoms with van der Waals surface area (Å²) >= 11 is 0. The van der Waals surface area contributed by atoms with Crippen molar-refractivity contribution in [1.82, 2.24) is 4.90 Å². The number of hydrogen-bond donors (Lipinski definition) is 2. The number of Topliss-reactive ketones (excluding diaryl/α,β-unsaturated/α-hetero) is 1. The van der Waals surface area contributed by atoms with Crippen molar-refractivity contribution in [2.45, 2.75) is 38.6 Å². The van der Waals surface area contributed by atoms with Crippen molar-refractivity contribution in [1.29, 1.82) is 0 Å². The lowest BCUT2D eigenvalue weighted by Crippen LogP contribution is -2.32. The lowest BCUT2D eigenvalue weighted by molar-refractivity contribution is -0.129. The number of nitrogens with two attached hydrogens (primary N) is 1. The summed E-state index contributed by atoms with van der Waals surface area (Å²) in [6.45, 7) is 2.49. The summed E-state index contributed by atoms with van der Waals surface area (Å²) in [7, 11) is 1.55. The smallest absolute Gasteiger partial charge is 0.290 e. The van der Waals surface area contributed by atoms with Gasteiger partial charge in [0.15, 0.2) is 11.5 Å². The maximum atomic E-state index is 12.5. The molecule has 1 heterocycles. The van der Waals surface area contributed by atoms with E-state index in [1.807, 2.05) is 18.2 Å². The number of aliphatic hydroxyl groups excluding tert-OH is 1. The number of amides is 1. The van der Waals surface area contributed by atoms with Crippen LogP contribution in [0, 0.1) is 0 Å². The highest BCUT2D eigenvalue weighted by Crippen LogP contribution is 2.41. The molecular formula is C19H26N2O4. The van der Waals surface area contributed by atoms with Gasteiger partial charge in [-0.1, -0.05) is 31.0 Å². The van der Waals surface area contributed by atoms with Gasteiger partial charge >= 0.3 is 0 Å². The summed E-state index contributed by atoms with van der Waals surface area (Å²) in [5.41, 5.74) is 6.34. The lowest BCUT2D eigenvalue weighted by atomic mass is 9.95. The van der Waals surface area contributed by atoms with Gasteiger partial charge in [-0.2, -0.15) is 0 Å². The van der Waals surface area contributed by atoms with Crippen molar-refractivity contribution < 1.29 is 19.4 Å². The maximum Gasteiger partial charge on any atom is 0.290 e. The van der Waals surface area contributed by atoms with E-state index in [0.717, 1.165) is 25.7 Å². The number of para-hydroxylation sites is 1. The molecule has 3 N–H and O–H groups in total. The Bertz CT molecular complexity index is 669. The van der Waals surface area contributed by atoms with Gasteiger partial charge in [0.25, 0.3) is 5.91 Å². The fraction of sp³-hybridized carbons (Fsp3) is 0.474. The number of ether oxygens (including phenoxy) is 1. The van der Waals surface area contributed by atoms with Gasteiger partial charge < -0.3 is 20.5 Å². The van der Waals surface area contributed by atoms with E-state index >= 15 is 0 Å². The van der Waals surface area contributed by atoms with Gasteiger partial charge in [-0.05, 0) is 32.4 Å². The van der Waals surface area contributed by atoms with Gasteiger partial charge in [0, 0.05) is 12.1 Å². The first kappa shape index (κ1) is 19.0. The average molecular weight is 346 g/mol. The second-order valence-corrected chi connectivity index (χ2v) is 6.16. The Morgan fingerprint density at radius 2 is 1.92 bits per heavy atom. The molecule has 25 heavy (non-hydrogen) atoms. The molecular weight excluding hydrogens is 320 g/mol. The number of rotatable bonds is 9. The van der Waals surface area contributed by atoms with Crippen molar-refractivity contribution in [3.63, 3.8) is 0 Å². The first-order valence-corrected chi connectivity index (χ1v) is 8.61. The third-order valence-electron chi connectivity index (χ3n) is 4.47. The van der Waals surface area contributed by atoms with E-state index in [4.69, 9.17) is 10.5 Å². The van der Waals surface area contributed by atoms with E-state index < -0.39 is 17.7 Å². The van der Waals surface area contributed by atoms with Crippen LogP contribution in [0.2, 0.25) is 0 Å². The van der Waals surface area contributed by atoms with Gasteiger partial charge in [-0.15, -0.1) is 0 Å². The highest BCUT2D eigenvalue weighted by Gasteiger charge is 2.43. The van der Waals surface area contributed by atoms with Crippen LogP contribution in [-0.2, 0) is 9.59 Å². The van der Waals surface area contributed by atoms with Crippen LogP contribution in [0.15, 0.2) is 35.6 Å². The number of unbranched alkanes of at least 4 members (excludes halogenated alkanes) is 3. The van der Waals surface area contributed by atoms with Crippen LogP contribution in [0.5, 0.6) is 5.75 Å². The van der Waals surface area contributed by atoms with Crippen molar-refractivity contribution in [3.8, 4) is 5.75 Å². The highest BCUT2D eigenvalue weighted by molar-refractivity contribution is 6.08. The van der Waals surface area contributed by atoms with E-state index in [0.29, 0.717) is 24.4 Å². The molecule has 0 bridgehead atoms. The van der Waals surface area contributed by atoms with E-state index in [2.05, 4.69) is 0 Å². The monoisotopic (exact) mass is 346 g/mol. The molecule has 1 aromatic rings. The average Bonchev–Trinajstić information content (AvgIpc) is 2.86. The molecule has 1 amide bonds. The molecule has 6 heteroatoms. The Hall–Kier alpha value is -2.34. The minimum absolute atomic E-state index is 0.136. The van der Waals surface area contributed by atoms with Gasteiger partial charge in [-0.25, -0.2) is 0 Å². The summed E-state index contributed by atoms with van der Waals surface area (Å²) in [5, 5.41) is 10.2. The Labute approximate surface area is 148 Å². The van der Waals surface area contributed by atoms with Crippen molar-refractivity contribution in [2.75, 3.05) is 20.2 Å². The zero-order valence-corrected chi connectivity index (χ0v) is 14.8. The largest absolute Gasteiger partial charge is 0.503 e. The van der Waals surface area contributed by atoms with E-state index in [-0.39, 0.29) is 11.4 Å². The van der Waals surface area contributed by atoms with Crippen LogP contribution in [0.3, 0.4) is 0 Å². The number of carbonyl (C=O) groups is 2. The number of aliphatic hydroxyl groups is 1. The van der Waals surface area contributed by atoms with Crippen molar-refractivity contribution >= 4 is 11.7 Å². The molecule has 1 unspecified atom stereocenters. The van der Waals surface area contributed by atoms with Crippen molar-refractivity contribution in [3.05, 3.63) is 41.2 Å². The number of carbonyl (C=O) groups excluding carboxylic acids is 2. The number of benzene rings is 1. The summed E-state index contributed by atoms with van der Waals surface area (Å²) in [4.78, 5) is 26.2. The SMILES string of the molecule is COc1ccccc1C1C(C(C)=O)=C(O)C(=O)N1CCCCCCN. The Morgan fingerprint density at radius 1 is 1.24 bits per heavy atom. The van der Waals surface area contributed by atoms with Gasteiger partial charge in [0.05, 0.1) is 18.7 Å². The Balaban J connectivity index is 2.31. The summed E-state index contributed by atoms with van der Waals surface area (Å²) in [5.74, 6) is -0.681. The minimum Gasteiger partial charge on any atom is -0.503 e. The second-order valence-electron chi connectivity index (χ2n) is 6.16. The van der Waals surface area contributed by atoms with Crippen LogP contribution < -0.4 is 10.5 Å². The number of hydrogen-bond acceptors (Lipinski definition) is 5. The first-order valence-electron chi connectivity index (χ1n) is 8.61. The molecule has 136 valence electrons. The van der Waals surface area contributed by atoms with Crippen LogP contribution in [0.1, 0.15) is 44.2 Å². The molecule has 1 atom stereocenters. The van der Waals surface area contributed by atoms with Gasteiger partial charge in [-0.3, -0.25) is 9.59 Å². The normalized spacial score (nSPS) is 17.3. The van der Waals surface area contributed by atoms with Gasteiger partial charge in [0.1, 0.15) is 5.75 Å². The molecule has 0 radical (unpaired) electrons. The number of methoxy groups -OCH3 is 1. The zero-order valence-electron chi connectivity index (χ0n) is 14.8. The fourth-order valence-corrected chi connectivity index (χ4v) is 3.24. The van der Waals surface area contributed by atoms with Crippen LogP contribution in [0.4, 0.5) is 0 Å². The predicted octanol–water partition coefficient (Wildman–Crippen LogP) is 2.50. The standard InChI is InChI=1S/C19H26N2O4/c1-13(22)16-17(14-9-5-6-10-15(14)25-2)21(19(24)18(16)23)12-8-4-3-7-11-20/h5-6,9-10,17,23H,3-4,7-8,11-12,20H2,1-2H3. The number of nitrogens with zero attached hydrogens (tertiary/aromatic N) is 1. The van der Waals surface area contributed by atoms with Crippen LogP contribution >= 0.6 is 0 Å². The minimum atomic E-state index is -0.615. The molecule has 0 saturated carbocycles.